The highest BCUT2D eigenvalue weighted by atomic mass is 19.4. The van der Waals surface area contributed by atoms with Gasteiger partial charge in [0.1, 0.15) is 11.6 Å². The van der Waals surface area contributed by atoms with Crippen LogP contribution in [0.2, 0.25) is 0 Å². The Morgan fingerprint density at radius 3 is 2.04 bits per heavy atom. The molecular weight excluding hydrogens is 357 g/mol. The molecule has 0 saturated carbocycles. The summed E-state index contributed by atoms with van der Waals surface area (Å²) in [4.78, 5) is 8.62. The first-order valence-corrected chi connectivity index (χ1v) is 8.04. The molecule has 0 saturated heterocycles. The summed E-state index contributed by atoms with van der Waals surface area (Å²) in [5.74, 6) is 1.58. The van der Waals surface area contributed by atoms with Gasteiger partial charge in [-0.2, -0.15) is 18.2 Å². The summed E-state index contributed by atoms with van der Waals surface area (Å²) in [7, 11) is 1.59. The molecule has 0 aliphatic carbocycles. The van der Waals surface area contributed by atoms with Gasteiger partial charge in [-0.25, -0.2) is 4.98 Å². The minimum atomic E-state index is -4.37. The van der Waals surface area contributed by atoms with Crippen LogP contribution >= 0.6 is 0 Å². The maximum atomic E-state index is 12.6. The molecule has 0 aliphatic heterocycles. The van der Waals surface area contributed by atoms with Crippen LogP contribution in [-0.2, 0) is 6.18 Å². The van der Waals surface area contributed by atoms with Crippen molar-refractivity contribution in [3.05, 3.63) is 65.9 Å². The molecule has 1 aromatic heterocycles. The first kappa shape index (κ1) is 18.5. The number of aromatic nitrogens is 2. The van der Waals surface area contributed by atoms with E-state index in [1.165, 1.54) is 12.1 Å². The second kappa shape index (κ2) is 7.53. The van der Waals surface area contributed by atoms with Crippen molar-refractivity contribution in [3.8, 4) is 5.75 Å². The summed E-state index contributed by atoms with van der Waals surface area (Å²) in [6.45, 7) is 1.80. The molecule has 0 spiro atoms. The van der Waals surface area contributed by atoms with E-state index in [0.717, 1.165) is 23.6 Å². The van der Waals surface area contributed by atoms with Gasteiger partial charge in [0.05, 0.1) is 12.7 Å². The van der Waals surface area contributed by atoms with Crippen LogP contribution in [0.4, 0.5) is 36.3 Å². The molecule has 0 unspecified atom stereocenters. The maximum Gasteiger partial charge on any atom is 0.416 e. The third kappa shape index (κ3) is 4.87. The van der Waals surface area contributed by atoms with E-state index < -0.39 is 11.7 Å². The van der Waals surface area contributed by atoms with E-state index in [2.05, 4.69) is 20.6 Å². The quantitative estimate of drug-likeness (QED) is 0.635. The molecular formula is C19H17F3N4O. The van der Waals surface area contributed by atoms with Crippen LogP contribution in [0.5, 0.6) is 5.75 Å². The largest absolute Gasteiger partial charge is 0.497 e. The minimum absolute atomic E-state index is 0.283. The molecule has 140 valence electrons. The summed E-state index contributed by atoms with van der Waals surface area (Å²) < 4.78 is 43.1. The van der Waals surface area contributed by atoms with Gasteiger partial charge in [0.2, 0.25) is 5.95 Å². The standard InChI is InChI=1S/C19H17F3N4O/c1-12-11-17(24-14-7-9-16(27-2)10-8-14)26-18(23-12)25-15-5-3-13(4-6-15)19(20,21)22/h3-11H,1-2H3,(H2,23,24,25,26). The smallest absolute Gasteiger partial charge is 0.416 e. The molecule has 3 aromatic rings. The van der Waals surface area contributed by atoms with Crippen molar-refractivity contribution in [3.63, 3.8) is 0 Å². The molecule has 8 heteroatoms. The number of benzene rings is 2. The van der Waals surface area contributed by atoms with Gasteiger partial charge in [-0.3, -0.25) is 0 Å². The van der Waals surface area contributed by atoms with E-state index in [4.69, 9.17) is 4.74 Å². The van der Waals surface area contributed by atoms with Crippen molar-refractivity contribution >= 4 is 23.1 Å². The lowest BCUT2D eigenvalue weighted by Gasteiger charge is -2.11. The van der Waals surface area contributed by atoms with Crippen LogP contribution in [0.25, 0.3) is 0 Å². The number of halogens is 3. The Bertz CT molecular complexity index is 910. The molecule has 0 fully saturated rings. The highest BCUT2D eigenvalue weighted by Gasteiger charge is 2.29. The van der Waals surface area contributed by atoms with Crippen LogP contribution < -0.4 is 15.4 Å². The van der Waals surface area contributed by atoms with Crippen molar-refractivity contribution < 1.29 is 17.9 Å². The summed E-state index contributed by atoms with van der Waals surface area (Å²) in [6.07, 6.45) is -4.37. The average Bonchev–Trinajstić information content (AvgIpc) is 2.61. The van der Waals surface area contributed by atoms with Gasteiger partial charge in [-0.05, 0) is 55.5 Å². The van der Waals surface area contributed by atoms with Crippen LogP contribution in [0.3, 0.4) is 0 Å². The Labute approximate surface area is 154 Å². The molecule has 5 nitrogen and oxygen atoms in total. The lowest BCUT2D eigenvalue weighted by Crippen LogP contribution is -2.05. The monoisotopic (exact) mass is 374 g/mol. The Kier molecular flexibility index (Phi) is 5.16. The van der Waals surface area contributed by atoms with Gasteiger partial charge in [-0.15, -0.1) is 0 Å². The Hall–Kier alpha value is -3.29. The number of hydrogen-bond acceptors (Lipinski definition) is 5. The first-order chi connectivity index (χ1) is 12.8. The van der Waals surface area contributed by atoms with E-state index in [0.29, 0.717) is 17.2 Å². The molecule has 2 aromatic carbocycles. The Balaban J connectivity index is 1.76. The molecule has 0 amide bonds. The second-order valence-corrected chi connectivity index (χ2v) is 5.77. The van der Waals surface area contributed by atoms with Crippen molar-refractivity contribution in [1.29, 1.82) is 0 Å². The first-order valence-electron chi connectivity index (χ1n) is 8.04. The second-order valence-electron chi connectivity index (χ2n) is 5.77. The van der Waals surface area contributed by atoms with Gasteiger partial charge in [0.15, 0.2) is 0 Å². The van der Waals surface area contributed by atoms with Crippen LogP contribution in [0.15, 0.2) is 54.6 Å². The summed E-state index contributed by atoms with van der Waals surface area (Å²) in [5, 5.41) is 6.07. The fourth-order valence-corrected chi connectivity index (χ4v) is 2.38. The van der Waals surface area contributed by atoms with Crippen LogP contribution in [0, 0.1) is 6.92 Å². The number of ether oxygens (including phenoxy) is 1. The predicted molar refractivity (Wildman–Crippen MR) is 97.8 cm³/mol. The summed E-state index contributed by atoms with van der Waals surface area (Å²) in [5.41, 5.74) is 1.27. The van der Waals surface area contributed by atoms with Crippen LogP contribution in [-0.4, -0.2) is 17.1 Å². The molecule has 27 heavy (non-hydrogen) atoms. The number of methoxy groups -OCH3 is 1. The Morgan fingerprint density at radius 1 is 0.852 bits per heavy atom. The molecule has 0 radical (unpaired) electrons. The third-order valence-corrected chi connectivity index (χ3v) is 3.69. The van der Waals surface area contributed by atoms with Crippen LogP contribution in [0.1, 0.15) is 11.3 Å². The van der Waals surface area contributed by atoms with E-state index in [1.807, 2.05) is 24.3 Å². The number of aryl methyl sites for hydroxylation is 1. The van der Waals surface area contributed by atoms with Gasteiger partial charge in [0, 0.05) is 23.1 Å². The van der Waals surface area contributed by atoms with E-state index in [9.17, 15) is 13.2 Å². The van der Waals surface area contributed by atoms with Gasteiger partial charge in [0.25, 0.3) is 0 Å². The predicted octanol–water partition coefficient (Wildman–Crippen LogP) is 5.30. The van der Waals surface area contributed by atoms with Gasteiger partial charge >= 0.3 is 6.18 Å². The SMILES string of the molecule is COc1ccc(Nc2cc(C)nc(Nc3ccc(C(F)(F)F)cc3)n2)cc1. The summed E-state index contributed by atoms with van der Waals surface area (Å²) >= 11 is 0. The number of rotatable bonds is 5. The fraction of sp³-hybridized carbons (Fsp3) is 0.158. The lowest BCUT2D eigenvalue weighted by molar-refractivity contribution is -0.137. The number of nitrogens with one attached hydrogen (secondary N) is 2. The molecule has 2 N–H and O–H groups in total. The molecule has 0 aliphatic rings. The normalized spacial score (nSPS) is 11.1. The Morgan fingerprint density at radius 2 is 1.44 bits per heavy atom. The van der Waals surface area contributed by atoms with Gasteiger partial charge < -0.3 is 15.4 Å². The third-order valence-electron chi connectivity index (χ3n) is 3.69. The zero-order valence-electron chi connectivity index (χ0n) is 14.6. The molecule has 0 bridgehead atoms. The van der Waals surface area contributed by atoms with Crippen molar-refractivity contribution in [2.75, 3.05) is 17.7 Å². The zero-order chi connectivity index (χ0) is 19.4. The van der Waals surface area contributed by atoms with Crippen molar-refractivity contribution in [1.82, 2.24) is 9.97 Å². The van der Waals surface area contributed by atoms with E-state index in [-0.39, 0.29) is 5.95 Å². The minimum Gasteiger partial charge on any atom is -0.497 e. The lowest BCUT2D eigenvalue weighted by atomic mass is 10.2. The molecule has 0 atom stereocenters. The average molecular weight is 374 g/mol. The number of nitrogens with zero attached hydrogens (tertiary/aromatic N) is 2. The van der Waals surface area contributed by atoms with E-state index >= 15 is 0 Å². The zero-order valence-corrected chi connectivity index (χ0v) is 14.6. The number of hydrogen-bond donors (Lipinski definition) is 2. The number of anilines is 4. The van der Waals surface area contributed by atoms with Crippen molar-refractivity contribution in [2.45, 2.75) is 13.1 Å². The fourth-order valence-electron chi connectivity index (χ4n) is 2.38. The number of alkyl halides is 3. The van der Waals surface area contributed by atoms with Gasteiger partial charge in [-0.1, -0.05) is 0 Å². The van der Waals surface area contributed by atoms with E-state index in [1.54, 1.807) is 20.1 Å². The molecule has 1 heterocycles. The highest BCUT2D eigenvalue weighted by Crippen LogP contribution is 2.30. The highest BCUT2D eigenvalue weighted by molar-refractivity contribution is 5.61. The van der Waals surface area contributed by atoms with Crippen molar-refractivity contribution in [2.24, 2.45) is 0 Å². The topological polar surface area (TPSA) is 59.1 Å². The summed E-state index contributed by atoms with van der Waals surface area (Å²) in [6, 6.07) is 13.8. The molecule has 3 rings (SSSR count). The maximum absolute atomic E-state index is 12.6.